The van der Waals surface area contributed by atoms with Gasteiger partial charge < -0.3 is 9.64 Å². The van der Waals surface area contributed by atoms with E-state index in [0.29, 0.717) is 12.2 Å². The van der Waals surface area contributed by atoms with E-state index in [2.05, 4.69) is 18.9 Å². The normalized spacial score (nSPS) is 25.4. The largest absolute Gasteiger partial charge is 0.364 e. The van der Waals surface area contributed by atoms with Crippen molar-refractivity contribution in [1.29, 1.82) is 0 Å². The van der Waals surface area contributed by atoms with Crippen LogP contribution in [0.1, 0.15) is 25.1 Å². The van der Waals surface area contributed by atoms with Gasteiger partial charge in [0, 0.05) is 0 Å². The number of nitrogens with one attached hydrogen (secondary N) is 1. The molecule has 1 N–H and O–H groups in total. The molecule has 4 nitrogen and oxygen atoms in total. The number of morpholine rings is 1. The topological polar surface area (TPSA) is 31.5 Å². The molecule has 5 heteroatoms. The second-order valence-electron chi connectivity index (χ2n) is 6.19. The third-order valence-corrected chi connectivity index (χ3v) is 4.55. The fourth-order valence-electron chi connectivity index (χ4n) is 3.26. The van der Waals surface area contributed by atoms with E-state index in [1.54, 1.807) is 0 Å². The summed E-state index contributed by atoms with van der Waals surface area (Å²) in [6.07, 6.45) is 0.587. The maximum Gasteiger partial charge on any atom is 0.142 e. The maximum atomic E-state index is 6.61. The van der Waals surface area contributed by atoms with Crippen molar-refractivity contribution < 1.29 is 9.64 Å². The van der Waals surface area contributed by atoms with E-state index in [-0.39, 0.29) is 0 Å². The SMILES string of the molecule is Cc1nn(-c2ccccc2)c(Cl)c1C[NH+]1C[C@@H](C)O[C@@H](C)C1. The maximum absolute atomic E-state index is 6.61. The lowest BCUT2D eigenvalue weighted by Gasteiger charge is -2.32. The van der Waals surface area contributed by atoms with Crippen LogP contribution in [0.3, 0.4) is 0 Å². The summed E-state index contributed by atoms with van der Waals surface area (Å²) >= 11 is 6.61. The lowest BCUT2D eigenvalue weighted by molar-refractivity contribution is -0.928. The average Bonchev–Trinajstić information content (AvgIpc) is 2.75. The Morgan fingerprint density at radius 3 is 2.50 bits per heavy atom. The van der Waals surface area contributed by atoms with Crippen LogP contribution in [-0.2, 0) is 11.3 Å². The number of aryl methyl sites for hydroxylation is 1. The number of ether oxygens (including phenoxy) is 1. The van der Waals surface area contributed by atoms with Crippen molar-refractivity contribution in [1.82, 2.24) is 9.78 Å². The van der Waals surface area contributed by atoms with E-state index < -0.39 is 0 Å². The zero-order valence-corrected chi connectivity index (χ0v) is 14.1. The molecule has 3 atom stereocenters. The minimum Gasteiger partial charge on any atom is -0.364 e. The molecule has 1 aromatic heterocycles. The molecule has 1 fully saturated rings. The summed E-state index contributed by atoms with van der Waals surface area (Å²) in [6, 6.07) is 10.0. The smallest absolute Gasteiger partial charge is 0.142 e. The second kappa shape index (κ2) is 6.41. The van der Waals surface area contributed by atoms with Crippen LogP contribution in [-0.4, -0.2) is 35.1 Å². The molecule has 1 unspecified atom stereocenters. The van der Waals surface area contributed by atoms with Gasteiger partial charge in [-0.25, -0.2) is 4.68 Å². The predicted octanol–water partition coefficient (Wildman–Crippen LogP) is 2.03. The van der Waals surface area contributed by atoms with Gasteiger partial charge in [0.1, 0.15) is 37.0 Å². The Bertz CT molecular complexity index is 631. The molecule has 0 radical (unpaired) electrons. The summed E-state index contributed by atoms with van der Waals surface area (Å²) in [6.45, 7) is 9.23. The van der Waals surface area contributed by atoms with E-state index in [1.807, 2.05) is 41.9 Å². The van der Waals surface area contributed by atoms with Gasteiger partial charge in [-0.15, -0.1) is 0 Å². The second-order valence-corrected chi connectivity index (χ2v) is 6.55. The van der Waals surface area contributed by atoms with Crippen molar-refractivity contribution in [3.05, 3.63) is 46.7 Å². The monoisotopic (exact) mass is 320 g/mol. The predicted molar refractivity (Wildman–Crippen MR) is 87.7 cm³/mol. The molecular weight excluding hydrogens is 298 g/mol. The molecule has 1 aliphatic rings. The number of hydrogen-bond donors (Lipinski definition) is 1. The Morgan fingerprint density at radius 1 is 1.23 bits per heavy atom. The molecule has 118 valence electrons. The van der Waals surface area contributed by atoms with Crippen LogP contribution in [0.15, 0.2) is 30.3 Å². The number of para-hydroxylation sites is 1. The van der Waals surface area contributed by atoms with Crippen molar-refractivity contribution in [2.75, 3.05) is 13.1 Å². The number of benzene rings is 1. The van der Waals surface area contributed by atoms with E-state index in [4.69, 9.17) is 16.3 Å². The van der Waals surface area contributed by atoms with Crippen molar-refractivity contribution in [3.63, 3.8) is 0 Å². The van der Waals surface area contributed by atoms with E-state index in [0.717, 1.165) is 41.7 Å². The first kappa shape index (κ1) is 15.5. The summed E-state index contributed by atoms with van der Waals surface area (Å²) in [4.78, 5) is 1.50. The minimum absolute atomic E-state index is 0.294. The van der Waals surface area contributed by atoms with Crippen LogP contribution < -0.4 is 4.90 Å². The Hall–Kier alpha value is -1.36. The highest BCUT2D eigenvalue weighted by Crippen LogP contribution is 2.22. The van der Waals surface area contributed by atoms with E-state index in [9.17, 15) is 0 Å². The highest BCUT2D eigenvalue weighted by molar-refractivity contribution is 6.30. The third kappa shape index (κ3) is 3.19. The van der Waals surface area contributed by atoms with Gasteiger partial charge in [-0.05, 0) is 32.9 Å². The fraction of sp³-hybridized carbons (Fsp3) is 0.471. The van der Waals surface area contributed by atoms with Gasteiger partial charge in [-0.1, -0.05) is 29.8 Å². The van der Waals surface area contributed by atoms with Crippen molar-refractivity contribution in [2.45, 2.75) is 39.5 Å². The highest BCUT2D eigenvalue weighted by Gasteiger charge is 2.28. The molecule has 2 heterocycles. The summed E-state index contributed by atoms with van der Waals surface area (Å²) < 4.78 is 7.65. The summed E-state index contributed by atoms with van der Waals surface area (Å²) in [5.41, 5.74) is 3.15. The molecule has 3 rings (SSSR count). The molecule has 22 heavy (non-hydrogen) atoms. The van der Waals surface area contributed by atoms with E-state index in [1.165, 1.54) is 4.90 Å². The molecule has 1 aliphatic heterocycles. The van der Waals surface area contributed by atoms with Gasteiger partial charge in [0.2, 0.25) is 0 Å². The lowest BCUT2D eigenvalue weighted by atomic mass is 10.2. The Labute approximate surface area is 136 Å². The van der Waals surface area contributed by atoms with Gasteiger partial charge >= 0.3 is 0 Å². The average molecular weight is 321 g/mol. The number of quaternary nitrogens is 1. The number of hydrogen-bond acceptors (Lipinski definition) is 2. The van der Waals surface area contributed by atoms with Crippen LogP contribution in [0.25, 0.3) is 5.69 Å². The standard InChI is InChI=1S/C17H22ClN3O/c1-12-9-20(10-13(2)22-12)11-16-14(3)19-21(17(16)18)15-7-5-4-6-8-15/h4-8,12-13H,9-11H2,1-3H3/p+1/t12-,13+. The molecule has 0 aliphatic carbocycles. The number of nitrogens with zero attached hydrogens (tertiary/aromatic N) is 2. The lowest BCUT2D eigenvalue weighted by Crippen LogP contribution is -3.14. The van der Waals surface area contributed by atoms with Crippen LogP contribution in [0.5, 0.6) is 0 Å². The van der Waals surface area contributed by atoms with Gasteiger partial charge in [0.15, 0.2) is 0 Å². The Morgan fingerprint density at radius 2 is 1.86 bits per heavy atom. The summed E-state index contributed by atoms with van der Waals surface area (Å²) in [5, 5.41) is 5.35. The van der Waals surface area contributed by atoms with E-state index >= 15 is 0 Å². The third-order valence-electron chi connectivity index (χ3n) is 4.17. The molecule has 1 aromatic carbocycles. The molecular formula is C17H23ClN3O+. The summed E-state index contributed by atoms with van der Waals surface area (Å²) in [7, 11) is 0. The Kier molecular flexibility index (Phi) is 4.52. The van der Waals surface area contributed by atoms with Crippen LogP contribution >= 0.6 is 11.6 Å². The van der Waals surface area contributed by atoms with Gasteiger partial charge in [-0.3, -0.25) is 0 Å². The quantitative estimate of drug-likeness (QED) is 0.938. The number of aromatic nitrogens is 2. The zero-order valence-electron chi connectivity index (χ0n) is 13.3. The molecule has 0 spiro atoms. The van der Waals surface area contributed by atoms with Crippen molar-refractivity contribution in [3.8, 4) is 5.69 Å². The van der Waals surface area contributed by atoms with Crippen LogP contribution in [0.4, 0.5) is 0 Å². The first-order valence-corrected chi connectivity index (χ1v) is 8.21. The van der Waals surface area contributed by atoms with Crippen molar-refractivity contribution in [2.24, 2.45) is 0 Å². The minimum atomic E-state index is 0.294. The zero-order chi connectivity index (χ0) is 15.7. The molecule has 2 aromatic rings. The van der Waals surface area contributed by atoms with Gasteiger partial charge in [0.25, 0.3) is 0 Å². The molecule has 0 bridgehead atoms. The van der Waals surface area contributed by atoms with Crippen molar-refractivity contribution >= 4 is 11.6 Å². The van der Waals surface area contributed by atoms with Gasteiger partial charge in [-0.2, -0.15) is 5.10 Å². The molecule has 0 amide bonds. The number of rotatable bonds is 3. The molecule has 1 saturated heterocycles. The van der Waals surface area contributed by atoms with Gasteiger partial charge in [0.05, 0.1) is 16.9 Å². The summed E-state index contributed by atoms with van der Waals surface area (Å²) in [5.74, 6) is 0. The highest BCUT2D eigenvalue weighted by atomic mass is 35.5. The first-order valence-electron chi connectivity index (χ1n) is 7.83. The van der Waals surface area contributed by atoms with Crippen LogP contribution in [0, 0.1) is 6.92 Å². The Balaban J connectivity index is 1.84. The number of halogens is 1. The fourth-order valence-corrected chi connectivity index (χ4v) is 3.59. The first-order chi connectivity index (χ1) is 10.5. The molecule has 0 saturated carbocycles. The van der Waals surface area contributed by atoms with Crippen LogP contribution in [0.2, 0.25) is 5.15 Å².